The fourth-order valence-corrected chi connectivity index (χ4v) is 1.55. The van der Waals surface area contributed by atoms with Crippen molar-refractivity contribution in [3.63, 3.8) is 0 Å². The van der Waals surface area contributed by atoms with Crippen LogP contribution in [0.3, 0.4) is 0 Å². The lowest BCUT2D eigenvalue weighted by atomic mass is 10.4. The molecule has 0 bridgehead atoms. The first-order valence-corrected chi connectivity index (χ1v) is 6.24. The molecule has 0 radical (unpaired) electrons. The Hall–Kier alpha value is -2.38. The molecule has 102 valence electrons. The van der Waals surface area contributed by atoms with Crippen LogP contribution in [0.4, 0.5) is 17.6 Å². The van der Waals surface area contributed by atoms with Crippen LogP contribution in [-0.2, 0) is 6.54 Å². The van der Waals surface area contributed by atoms with Crippen LogP contribution in [0.2, 0.25) is 0 Å². The number of hydrogen-bond acceptors (Lipinski definition) is 7. The number of nitrogens with zero attached hydrogens (tertiary/aromatic N) is 5. The number of anilines is 3. The first kappa shape index (κ1) is 13.1. The Kier molecular flexibility index (Phi) is 4.49. The van der Waals surface area contributed by atoms with E-state index in [4.69, 9.17) is 5.73 Å². The van der Waals surface area contributed by atoms with Gasteiger partial charge in [-0.15, -0.1) is 5.10 Å². The van der Waals surface area contributed by atoms with Crippen LogP contribution in [0.15, 0.2) is 18.5 Å². The SMILES string of the molecule is CCCNc1cc(NCCn2ccnn2)nc(N)n1. The highest BCUT2D eigenvalue weighted by Gasteiger charge is 2.01. The molecule has 0 atom stereocenters. The maximum absolute atomic E-state index is 5.67. The summed E-state index contributed by atoms with van der Waals surface area (Å²) >= 11 is 0. The smallest absolute Gasteiger partial charge is 0.223 e. The molecule has 0 aromatic carbocycles. The topological polar surface area (TPSA) is 107 Å². The predicted molar refractivity (Wildman–Crippen MR) is 73.7 cm³/mol. The van der Waals surface area contributed by atoms with Crippen molar-refractivity contribution in [3.8, 4) is 0 Å². The molecule has 2 rings (SSSR count). The molecule has 8 heteroatoms. The van der Waals surface area contributed by atoms with E-state index in [1.54, 1.807) is 10.9 Å². The first-order chi connectivity index (χ1) is 9.28. The zero-order valence-corrected chi connectivity index (χ0v) is 10.9. The fourth-order valence-electron chi connectivity index (χ4n) is 1.55. The molecule has 2 aromatic heterocycles. The second-order valence-electron chi connectivity index (χ2n) is 4.02. The minimum Gasteiger partial charge on any atom is -0.370 e. The van der Waals surface area contributed by atoms with Gasteiger partial charge in [-0.1, -0.05) is 12.1 Å². The summed E-state index contributed by atoms with van der Waals surface area (Å²) in [5.41, 5.74) is 5.67. The Morgan fingerprint density at radius 2 is 1.95 bits per heavy atom. The highest BCUT2D eigenvalue weighted by Crippen LogP contribution is 2.12. The second kappa shape index (κ2) is 6.53. The molecule has 2 aromatic rings. The number of nitrogens with one attached hydrogen (secondary N) is 2. The van der Waals surface area contributed by atoms with E-state index in [0.717, 1.165) is 18.8 Å². The van der Waals surface area contributed by atoms with Crippen molar-refractivity contribution in [2.75, 3.05) is 29.5 Å². The Balaban J connectivity index is 1.90. The van der Waals surface area contributed by atoms with Crippen LogP contribution < -0.4 is 16.4 Å². The van der Waals surface area contributed by atoms with Gasteiger partial charge < -0.3 is 16.4 Å². The molecule has 19 heavy (non-hydrogen) atoms. The molecule has 0 saturated carbocycles. The molecule has 8 nitrogen and oxygen atoms in total. The molecule has 0 saturated heterocycles. The van der Waals surface area contributed by atoms with Gasteiger partial charge in [0.1, 0.15) is 11.6 Å². The van der Waals surface area contributed by atoms with Gasteiger partial charge in [0.05, 0.1) is 12.7 Å². The summed E-state index contributed by atoms with van der Waals surface area (Å²) in [6.45, 7) is 4.35. The molecule has 0 aliphatic rings. The highest BCUT2D eigenvalue weighted by atomic mass is 15.4. The summed E-state index contributed by atoms with van der Waals surface area (Å²) in [7, 11) is 0. The summed E-state index contributed by atoms with van der Waals surface area (Å²) in [6.07, 6.45) is 4.48. The van der Waals surface area contributed by atoms with Crippen LogP contribution >= 0.6 is 0 Å². The summed E-state index contributed by atoms with van der Waals surface area (Å²) < 4.78 is 1.74. The monoisotopic (exact) mass is 262 g/mol. The van der Waals surface area contributed by atoms with Gasteiger partial charge in [0.15, 0.2) is 0 Å². The van der Waals surface area contributed by atoms with Gasteiger partial charge in [-0.05, 0) is 6.42 Å². The van der Waals surface area contributed by atoms with Crippen LogP contribution in [0.25, 0.3) is 0 Å². The zero-order chi connectivity index (χ0) is 13.5. The van der Waals surface area contributed by atoms with Crippen molar-refractivity contribution in [2.24, 2.45) is 0 Å². The van der Waals surface area contributed by atoms with E-state index in [1.807, 2.05) is 12.3 Å². The van der Waals surface area contributed by atoms with E-state index in [-0.39, 0.29) is 5.95 Å². The molecule has 4 N–H and O–H groups in total. The van der Waals surface area contributed by atoms with Gasteiger partial charge in [-0.25, -0.2) is 0 Å². The lowest BCUT2D eigenvalue weighted by Crippen LogP contribution is -2.13. The van der Waals surface area contributed by atoms with Gasteiger partial charge in [0.25, 0.3) is 0 Å². The lowest BCUT2D eigenvalue weighted by molar-refractivity contribution is 0.608. The summed E-state index contributed by atoms with van der Waals surface area (Å²) in [4.78, 5) is 8.25. The van der Waals surface area contributed by atoms with Crippen molar-refractivity contribution in [2.45, 2.75) is 19.9 Å². The number of nitrogens with two attached hydrogens (primary N) is 1. The minimum absolute atomic E-state index is 0.254. The van der Waals surface area contributed by atoms with Gasteiger partial charge >= 0.3 is 0 Å². The normalized spacial score (nSPS) is 10.4. The first-order valence-electron chi connectivity index (χ1n) is 6.24. The van der Waals surface area contributed by atoms with Gasteiger partial charge in [-0.2, -0.15) is 9.97 Å². The maximum Gasteiger partial charge on any atom is 0.223 e. The molecular formula is C11H18N8. The lowest BCUT2D eigenvalue weighted by Gasteiger charge is -2.09. The van der Waals surface area contributed by atoms with Crippen molar-refractivity contribution in [1.82, 2.24) is 25.0 Å². The van der Waals surface area contributed by atoms with E-state index in [0.29, 0.717) is 18.9 Å². The molecular weight excluding hydrogens is 244 g/mol. The average molecular weight is 262 g/mol. The molecule has 0 aliphatic carbocycles. The van der Waals surface area contributed by atoms with E-state index >= 15 is 0 Å². The standard InChI is InChI=1S/C11H18N8/c1-2-3-13-9-8-10(17-11(12)16-9)14-4-6-19-7-5-15-18-19/h5,7-8H,2-4,6H2,1H3,(H4,12,13,14,16,17). The zero-order valence-electron chi connectivity index (χ0n) is 10.9. The van der Waals surface area contributed by atoms with Gasteiger partial charge in [0, 0.05) is 25.4 Å². The highest BCUT2D eigenvalue weighted by molar-refractivity contribution is 5.50. The molecule has 0 fully saturated rings. The van der Waals surface area contributed by atoms with E-state index < -0.39 is 0 Å². The number of rotatable bonds is 7. The predicted octanol–water partition coefficient (Wildman–Crippen LogP) is 0.584. The van der Waals surface area contributed by atoms with Crippen molar-refractivity contribution in [3.05, 3.63) is 18.5 Å². The molecule has 2 heterocycles. The summed E-state index contributed by atoms with van der Waals surface area (Å²) in [5.74, 6) is 1.69. The summed E-state index contributed by atoms with van der Waals surface area (Å²) in [5, 5.41) is 14.0. The number of hydrogen-bond donors (Lipinski definition) is 3. The average Bonchev–Trinajstić information content (AvgIpc) is 2.89. The van der Waals surface area contributed by atoms with Crippen LogP contribution in [0.1, 0.15) is 13.3 Å². The Labute approximate surface area is 111 Å². The third kappa shape index (κ3) is 4.09. The van der Waals surface area contributed by atoms with Crippen LogP contribution in [0.5, 0.6) is 0 Å². The second-order valence-corrected chi connectivity index (χ2v) is 4.02. The fraction of sp³-hybridized carbons (Fsp3) is 0.455. The van der Waals surface area contributed by atoms with E-state index in [1.165, 1.54) is 0 Å². The quantitative estimate of drug-likeness (QED) is 0.670. The molecule has 0 unspecified atom stereocenters. The van der Waals surface area contributed by atoms with Gasteiger partial charge in [-0.3, -0.25) is 4.68 Å². The van der Waals surface area contributed by atoms with Crippen molar-refractivity contribution in [1.29, 1.82) is 0 Å². The number of aromatic nitrogens is 5. The van der Waals surface area contributed by atoms with Crippen molar-refractivity contribution >= 4 is 17.6 Å². The van der Waals surface area contributed by atoms with E-state index in [9.17, 15) is 0 Å². The Morgan fingerprint density at radius 3 is 2.58 bits per heavy atom. The number of nitrogen functional groups attached to an aromatic ring is 1. The third-order valence-electron chi connectivity index (χ3n) is 2.42. The van der Waals surface area contributed by atoms with Crippen molar-refractivity contribution < 1.29 is 0 Å². The molecule has 0 aliphatic heterocycles. The van der Waals surface area contributed by atoms with Gasteiger partial charge in [0.2, 0.25) is 5.95 Å². The van der Waals surface area contributed by atoms with Crippen LogP contribution in [0, 0.1) is 0 Å². The Morgan fingerprint density at radius 1 is 1.21 bits per heavy atom. The minimum atomic E-state index is 0.254. The maximum atomic E-state index is 5.67. The largest absolute Gasteiger partial charge is 0.370 e. The molecule has 0 amide bonds. The third-order valence-corrected chi connectivity index (χ3v) is 2.42. The van der Waals surface area contributed by atoms with E-state index in [2.05, 4.69) is 37.8 Å². The molecule has 0 spiro atoms. The van der Waals surface area contributed by atoms with Crippen LogP contribution in [-0.4, -0.2) is 38.1 Å². The Bertz CT molecular complexity index is 495. The summed E-state index contributed by atoms with van der Waals surface area (Å²) in [6, 6.07) is 1.84.